The third-order valence-electron chi connectivity index (χ3n) is 5.22. The summed E-state index contributed by atoms with van der Waals surface area (Å²) in [4.78, 5) is 49.4. The van der Waals surface area contributed by atoms with Gasteiger partial charge in [-0.2, -0.15) is 0 Å². The second-order valence-electron chi connectivity index (χ2n) is 8.77. The van der Waals surface area contributed by atoms with E-state index in [9.17, 15) is 19.2 Å². The highest BCUT2D eigenvalue weighted by Gasteiger charge is 2.28. The lowest BCUT2D eigenvalue weighted by atomic mass is 10.0. The molecule has 0 aromatic heterocycles. The molecular formula is C25H41N5O6. The maximum Gasteiger partial charge on any atom is 0.312 e. The summed E-state index contributed by atoms with van der Waals surface area (Å²) in [6.07, 6.45) is 1.65. The van der Waals surface area contributed by atoms with Crippen LogP contribution in [0.15, 0.2) is 24.3 Å². The van der Waals surface area contributed by atoms with Crippen molar-refractivity contribution in [2.45, 2.75) is 65.1 Å². The van der Waals surface area contributed by atoms with Gasteiger partial charge in [0.2, 0.25) is 17.7 Å². The number of anilines is 1. The number of carbonyl (C=O) groups excluding carboxylic acids is 4. The smallest absolute Gasteiger partial charge is 0.312 e. The van der Waals surface area contributed by atoms with Crippen LogP contribution in [0.4, 0.5) is 10.5 Å². The van der Waals surface area contributed by atoms with Gasteiger partial charge in [-0.1, -0.05) is 32.9 Å². The van der Waals surface area contributed by atoms with Crippen LogP contribution < -0.4 is 27.0 Å². The van der Waals surface area contributed by atoms with Crippen molar-refractivity contribution >= 4 is 29.4 Å². The Morgan fingerprint density at radius 1 is 1.00 bits per heavy atom. The van der Waals surface area contributed by atoms with Gasteiger partial charge in [0, 0.05) is 32.4 Å². The number of primary amides is 1. The quantitative estimate of drug-likeness (QED) is 0.202. The zero-order valence-electron chi connectivity index (χ0n) is 21.7. The molecule has 0 heterocycles. The molecule has 5 amide bonds. The molecule has 0 aliphatic heterocycles. The Morgan fingerprint density at radius 2 is 1.69 bits per heavy atom. The molecule has 11 nitrogen and oxygen atoms in total. The van der Waals surface area contributed by atoms with E-state index in [0.29, 0.717) is 25.3 Å². The van der Waals surface area contributed by atoms with E-state index < -0.39 is 29.9 Å². The SMILES string of the molecule is CCCOCCC(=O)N[C@H](C(=O)N[C@@H](CCCNC(N)=O)C(=O)Nc1ccc(COC)cc1)C(C)C. The first-order valence-electron chi connectivity index (χ1n) is 12.3. The molecule has 1 rings (SSSR count). The number of hydrogen-bond acceptors (Lipinski definition) is 6. The first kappa shape index (κ1) is 30.9. The molecule has 1 aromatic rings. The molecule has 0 saturated carbocycles. The highest BCUT2D eigenvalue weighted by Crippen LogP contribution is 2.12. The van der Waals surface area contributed by atoms with Crippen LogP contribution in [0.3, 0.4) is 0 Å². The van der Waals surface area contributed by atoms with Crippen molar-refractivity contribution in [3.8, 4) is 0 Å². The second-order valence-corrected chi connectivity index (χ2v) is 8.77. The summed E-state index contributed by atoms with van der Waals surface area (Å²) >= 11 is 0. The van der Waals surface area contributed by atoms with E-state index >= 15 is 0 Å². The number of nitrogens with one attached hydrogen (secondary N) is 4. The average Bonchev–Trinajstić information content (AvgIpc) is 2.83. The fraction of sp³-hybridized carbons (Fsp3) is 0.600. The maximum absolute atomic E-state index is 13.1. The summed E-state index contributed by atoms with van der Waals surface area (Å²) in [6.45, 7) is 7.14. The topological polar surface area (TPSA) is 161 Å². The van der Waals surface area contributed by atoms with E-state index in [0.717, 1.165) is 12.0 Å². The zero-order valence-corrected chi connectivity index (χ0v) is 21.7. The van der Waals surface area contributed by atoms with Crippen LogP contribution in [-0.2, 0) is 30.5 Å². The van der Waals surface area contributed by atoms with Gasteiger partial charge in [-0.05, 0) is 42.9 Å². The Morgan fingerprint density at radius 3 is 2.28 bits per heavy atom. The molecule has 0 spiro atoms. The second kappa shape index (κ2) is 17.3. The summed E-state index contributed by atoms with van der Waals surface area (Å²) in [7, 11) is 1.60. The van der Waals surface area contributed by atoms with Crippen LogP contribution in [0.25, 0.3) is 0 Å². The molecule has 2 atom stereocenters. The monoisotopic (exact) mass is 507 g/mol. The molecule has 202 valence electrons. The number of urea groups is 1. The Hall–Kier alpha value is -3.18. The van der Waals surface area contributed by atoms with Crippen LogP contribution in [0.2, 0.25) is 0 Å². The van der Waals surface area contributed by atoms with Crippen molar-refractivity contribution in [3.63, 3.8) is 0 Å². The Labute approximate surface area is 213 Å². The van der Waals surface area contributed by atoms with Crippen LogP contribution >= 0.6 is 0 Å². The molecule has 0 fully saturated rings. The van der Waals surface area contributed by atoms with E-state index in [1.54, 1.807) is 19.2 Å². The van der Waals surface area contributed by atoms with Crippen molar-refractivity contribution in [1.82, 2.24) is 16.0 Å². The van der Waals surface area contributed by atoms with Crippen LogP contribution in [-0.4, -0.2) is 62.7 Å². The van der Waals surface area contributed by atoms with E-state index in [1.165, 1.54) is 0 Å². The Kier molecular flexibility index (Phi) is 14.8. The number of benzene rings is 1. The number of hydrogen-bond donors (Lipinski definition) is 5. The molecule has 1 aromatic carbocycles. The number of ether oxygens (including phenoxy) is 2. The third-order valence-corrected chi connectivity index (χ3v) is 5.22. The molecule has 11 heteroatoms. The fourth-order valence-electron chi connectivity index (χ4n) is 3.32. The number of nitrogens with two attached hydrogens (primary N) is 1. The van der Waals surface area contributed by atoms with Crippen molar-refractivity contribution in [3.05, 3.63) is 29.8 Å². The van der Waals surface area contributed by atoms with E-state index in [2.05, 4.69) is 21.3 Å². The first-order valence-corrected chi connectivity index (χ1v) is 12.3. The van der Waals surface area contributed by atoms with Crippen LogP contribution in [0.1, 0.15) is 52.0 Å². The molecule has 0 bridgehead atoms. The lowest BCUT2D eigenvalue weighted by molar-refractivity contribution is -0.132. The zero-order chi connectivity index (χ0) is 26.9. The molecule has 0 saturated heterocycles. The molecular weight excluding hydrogens is 466 g/mol. The fourth-order valence-corrected chi connectivity index (χ4v) is 3.32. The Balaban J connectivity index is 2.85. The van der Waals surface area contributed by atoms with Gasteiger partial charge in [0.25, 0.3) is 0 Å². The van der Waals surface area contributed by atoms with Gasteiger partial charge in [-0.15, -0.1) is 0 Å². The minimum absolute atomic E-state index is 0.137. The summed E-state index contributed by atoms with van der Waals surface area (Å²) < 4.78 is 10.4. The van der Waals surface area contributed by atoms with Gasteiger partial charge in [0.05, 0.1) is 13.2 Å². The van der Waals surface area contributed by atoms with Gasteiger partial charge in [-0.3, -0.25) is 14.4 Å². The van der Waals surface area contributed by atoms with E-state index in [-0.39, 0.29) is 37.8 Å². The van der Waals surface area contributed by atoms with Crippen molar-refractivity contribution in [2.24, 2.45) is 11.7 Å². The predicted molar refractivity (Wildman–Crippen MR) is 137 cm³/mol. The van der Waals surface area contributed by atoms with Gasteiger partial charge < -0.3 is 36.5 Å². The van der Waals surface area contributed by atoms with Gasteiger partial charge >= 0.3 is 6.03 Å². The van der Waals surface area contributed by atoms with Gasteiger partial charge in [0.15, 0.2) is 0 Å². The maximum atomic E-state index is 13.1. The van der Waals surface area contributed by atoms with Gasteiger partial charge in [-0.25, -0.2) is 4.79 Å². The summed E-state index contributed by atoms with van der Waals surface area (Å²) in [6, 6.07) is 4.78. The minimum Gasteiger partial charge on any atom is -0.381 e. The molecule has 6 N–H and O–H groups in total. The number of carbonyl (C=O) groups is 4. The summed E-state index contributed by atoms with van der Waals surface area (Å²) in [5.74, 6) is -1.39. The standard InChI is InChI=1S/C25H41N5O6/c1-5-14-36-15-12-21(31)30-22(17(2)3)24(33)29-20(7-6-13-27-25(26)34)23(32)28-19-10-8-18(9-11-19)16-35-4/h8-11,17,20,22H,5-7,12-16H2,1-4H3,(H,28,32)(H,29,33)(H,30,31)(H3,26,27,34)/t20-,22-/m0/s1. The van der Waals surface area contributed by atoms with Crippen LogP contribution in [0.5, 0.6) is 0 Å². The van der Waals surface area contributed by atoms with E-state index in [1.807, 2.05) is 32.9 Å². The van der Waals surface area contributed by atoms with Crippen molar-refractivity contribution in [2.75, 3.05) is 32.2 Å². The number of methoxy groups -OCH3 is 1. The lowest BCUT2D eigenvalue weighted by Gasteiger charge is -2.25. The highest BCUT2D eigenvalue weighted by molar-refractivity contribution is 5.98. The molecule has 0 aliphatic rings. The van der Waals surface area contributed by atoms with Crippen molar-refractivity contribution < 1.29 is 28.7 Å². The highest BCUT2D eigenvalue weighted by atomic mass is 16.5. The Bertz CT molecular complexity index is 831. The third kappa shape index (κ3) is 12.5. The first-order chi connectivity index (χ1) is 17.2. The molecule has 0 aliphatic carbocycles. The largest absolute Gasteiger partial charge is 0.381 e. The number of amides is 5. The average molecular weight is 508 g/mol. The van der Waals surface area contributed by atoms with E-state index in [4.69, 9.17) is 15.2 Å². The normalized spacial score (nSPS) is 12.5. The molecule has 0 radical (unpaired) electrons. The summed E-state index contributed by atoms with van der Waals surface area (Å²) in [5, 5.41) is 10.8. The molecule has 36 heavy (non-hydrogen) atoms. The number of rotatable bonds is 17. The van der Waals surface area contributed by atoms with Crippen molar-refractivity contribution in [1.29, 1.82) is 0 Å². The lowest BCUT2D eigenvalue weighted by Crippen LogP contribution is -2.54. The van der Waals surface area contributed by atoms with Crippen LogP contribution in [0, 0.1) is 5.92 Å². The minimum atomic E-state index is -0.892. The van der Waals surface area contributed by atoms with Gasteiger partial charge in [0.1, 0.15) is 12.1 Å². The molecule has 0 unspecified atom stereocenters. The summed E-state index contributed by atoms with van der Waals surface area (Å²) in [5.41, 5.74) is 6.62. The predicted octanol–water partition coefficient (Wildman–Crippen LogP) is 1.66.